The van der Waals surface area contributed by atoms with Crippen LogP contribution in [-0.2, 0) is 11.2 Å². The summed E-state index contributed by atoms with van der Waals surface area (Å²) in [5.74, 6) is 2.46. The van der Waals surface area contributed by atoms with Crippen molar-refractivity contribution in [2.75, 3.05) is 33.3 Å². The number of nitrogens with one attached hydrogen (secondary N) is 1. The Hall–Kier alpha value is -1.26. The molecule has 4 nitrogen and oxygen atoms in total. The van der Waals surface area contributed by atoms with Gasteiger partial charge in [0, 0.05) is 19.5 Å². The lowest BCUT2D eigenvalue weighted by atomic mass is 9.92. The minimum Gasteiger partial charge on any atom is -0.495 e. The lowest BCUT2D eigenvalue weighted by molar-refractivity contribution is -0.131. The first-order chi connectivity index (χ1) is 11.2. The van der Waals surface area contributed by atoms with Gasteiger partial charge in [0.15, 0.2) is 0 Å². The third kappa shape index (κ3) is 3.99. The minimum absolute atomic E-state index is 0.268. The second-order valence-corrected chi connectivity index (χ2v) is 7.01. The summed E-state index contributed by atoms with van der Waals surface area (Å²) in [6.45, 7) is 4.06. The summed E-state index contributed by atoms with van der Waals surface area (Å²) >= 11 is 6.14. The van der Waals surface area contributed by atoms with Crippen LogP contribution in [0, 0.1) is 11.8 Å². The van der Waals surface area contributed by atoms with Crippen LogP contribution in [0.1, 0.15) is 24.8 Å². The van der Waals surface area contributed by atoms with Gasteiger partial charge in [-0.15, -0.1) is 0 Å². The van der Waals surface area contributed by atoms with E-state index in [1.165, 1.54) is 0 Å². The van der Waals surface area contributed by atoms with Gasteiger partial charge in [0.25, 0.3) is 0 Å². The second kappa shape index (κ2) is 7.54. The summed E-state index contributed by atoms with van der Waals surface area (Å²) in [5, 5.41) is 4.08. The van der Waals surface area contributed by atoms with Crippen LogP contribution in [0.2, 0.25) is 5.02 Å². The van der Waals surface area contributed by atoms with Gasteiger partial charge >= 0.3 is 0 Å². The van der Waals surface area contributed by atoms with Gasteiger partial charge in [0.05, 0.1) is 12.1 Å². The Morgan fingerprint density at radius 3 is 2.61 bits per heavy atom. The molecule has 3 rings (SSSR count). The zero-order valence-electron chi connectivity index (χ0n) is 13.7. The molecule has 2 aliphatic heterocycles. The van der Waals surface area contributed by atoms with Crippen molar-refractivity contribution in [3.63, 3.8) is 0 Å². The molecule has 0 aliphatic carbocycles. The minimum atomic E-state index is 0.268. The second-order valence-electron chi connectivity index (χ2n) is 6.61. The first-order valence-electron chi connectivity index (χ1n) is 8.48. The predicted molar refractivity (Wildman–Crippen MR) is 92.0 cm³/mol. The van der Waals surface area contributed by atoms with E-state index >= 15 is 0 Å². The van der Waals surface area contributed by atoms with Crippen LogP contribution in [0.4, 0.5) is 0 Å². The molecule has 1 amide bonds. The zero-order valence-corrected chi connectivity index (χ0v) is 14.4. The highest BCUT2D eigenvalue weighted by Gasteiger charge is 2.31. The monoisotopic (exact) mass is 336 g/mol. The fourth-order valence-electron chi connectivity index (χ4n) is 3.74. The molecule has 1 aromatic carbocycles. The average molecular weight is 337 g/mol. The molecule has 2 heterocycles. The van der Waals surface area contributed by atoms with Gasteiger partial charge < -0.3 is 15.0 Å². The van der Waals surface area contributed by atoms with Crippen molar-refractivity contribution in [3.05, 3.63) is 28.8 Å². The number of ether oxygens (including phenoxy) is 1. The quantitative estimate of drug-likeness (QED) is 0.919. The molecule has 0 aromatic heterocycles. The molecule has 0 saturated carbocycles. The average Bonchev–Trinajstić information content (AvgIpc) is 2.91. The Morgan fingerprint density at radius 2 is 2.00 bits per heavy atom. The van der Waals surface area contributed by atoms with E-state index in [9.17, 15) is 4.79 Å². The lowest BCUT2D eigenvalue weighted by Gasteiger charge is -2.21. The first-order valence-corrected chi connectivity index (χ1v) is 8.86. The lowest BCUT2D eigenvalue weighted by Crippen LogP contribution is -2.32. The molecule has 2 saturated heterocycles. The number of rotatable bonds is 4. The van der Waals surface area contributed by atoms with E-state index in [-0.39, 0.29) is 5.91 Å². The summed E-state index contributed by atoms with van der Waals surface area (Å²) in [6, 6.07) is 5.74. The number of hydrogen-bond acceptors (Lipinski definition) is 3. The van der Waals surface area contributed by atoms with Crippen molar-refractivity contribution < 1.29 is 9.53 Å². The van der Waals surface area contributed by atoms with Gasteiger partial charge in [-0.3, -0.25) is 4.79 Å². The van der Waals surface area contributed by atoms with Crippen LogP contribution < -0.4 is 10.1 Å². The molecule has 0 radical (unpaired) electrons. The molecule has 1 aromatic rings. The number of fused-ring (bicyclic) bond motifs is 1. The van der Waals surface area contributed by atoms with Gasteiger partial charge in [-0.25, -0.2) is 0 Å². The Bertz CT molecular complexity index is 550. The summed E-state index contributed by atoms with van der Waals surface area (Å²) < 4.78 is 5.16. The Morgan fingerprint density at radius 1 is 1.30 bits per heavy atom. The van der Waals surface area contributed by atoms with Crippen molar-refractivity contribution >= 4 is 17.5 Å². The van der Waals surface area contributed by atoms with E-state index in [0.29, 0.717) is 17.2 Å². The van der Waals surface area contributed by atoms with E-state index < -0.39 is 0 Å². The van der Waals surface area contributed by atoms with Crippen LogP contribution >= 0.6 is 11.6 Å². The Balaban J connectivity index is 1.52. The van der Waals surface area contributed by atoms with Crippen LogP contribution in [0.5, 0.6) is 5.75 Å². The van der Waals surface area contributed by atoms with E-state index in [4.69, 9.17) is 16.3 Å². The molecule has 126 valence electrons. The number of amides is 1. The highest BCUT2D eigenvalue weighted by atomic mass is 35.5. The number of benzene rings is 1. The number of likely N-dealkylation sites (tertiary alicyclic amines) is 1. The number of hydrogen-bond donors (Lipinski definition) is 1. The first kappa shape index (κ1) is 16.6. The van der Waals surface area contributed by atoms with E-state index in [1.807, 2.05) is 18.2 Å². The summed E-state index contributed by atoms with van der Waals surface area (Å²) in [5.41, 5.74) is 1.08. The fourth-order valence-corrected chi connectivity index (χ4v) is 4.02. The largest absolute Gasteiger partial charge is 0.495 e. The van der Waals surface area contributed by atoms with Crippen LogP contribution in [0.3, 0.4) is 0 Å². The van der Waals surface area contributed by atoms with Crippen LogP contribution in [0.25, 0.3) is 0 Å². The third-order valence-corrected chi connectivity index (χ3v) is 5.51. The molecule has 1 N–H and O–H groups in total. The topological polar surface area (TPSA) is 41.6 Å². The molecule has 0 spiro atoms. The maximum absolute atomic E-state index is 12.5. The molecule has 23 heavy (non-hydrogen) atoms. The standard InChI is InChI=1S/C18H25ClN2O2/c1-23-17-4-2-13(10-16(17)19)3-5-18(22)21-8-6-14-11-20-12-15(14)7-9-21/h2,4,10,14-15,20H,3,5-9,11-12H2,1H3/t14-,15+. The van der Waals surface area contributed by atoms with Crippen molar-refractivity contribution in [2.45, 2.75) is 25.7 Å². The molecule has 0 bridgehead atoms. The smallest absolute Gasteiger partial charge is 0.222 e. The SMILES string of the molecule is COc1ccc(CCC(=O)N2CC[C@@H]3CNC[C@@H]3CC2)cc1Cl. The van der Waals surface area contributed by atoms with E-state index in [1.54, 1.807) is 7.11 Å². The number of aryl methyl sites for hydroxylation is 1. The molecular formula is C18H25ClN2O2. The van der Waals surface area contributed by atoms with Crippen molar-refractivity contribution in [2.24, 2.45) is 11.8 Å². The molecule has 0 unspecified atom stereocenters. The van der Waals surface area contributed by atoms with Crippen LogP contribution in [-0.4, -0.2) is 44.1 Å². The summed E-state index contributed by atoms with van der Waals surface area (Å²) in [4.78, 5) is 14.6. The number of nitrogens with zero attached hydrogens (tertiary/aromatic N) is 1. The van der Waals surface area contributed by atoms with Gasteiger partial charge in [0.2, 0.25) is 5.91 Å². The van der Waals surface area contributed by atoms with E-state index in [2.05, 4.69) is 10.2 Å². The highest BCUT2D eigenvalue weighted by Crippen LogP contribution is 2.28. The maximum atomic E-state index is 12.5. The van der Waals surface area contributed by atoms with Crippen LogP contribution in [0.15, 0.2) is 18.2 Å². The Labute approximate surface area is 143 Å². The van der Waals surface area contributed by atoms with Gasteiger partial charge in [-0.05, 0) is 61.9 Å². The molecule has 2 fully saturated rings. The van der Waals surface area contributed by atoms with E-state index in [0.717, 1.165) is 62.8 Å². The summed E-state index contributed by atoms with van der Waals surface area (Å²) in [6.07, 6.45) is 3.55. The fraction of sp³-hybridized carbons (Fsp3) is 0.611. The Kier molecular flexibility index (Phi) is 5.44. The third-order valence-electron chi connectivity index (χ3n) is 5.22. The zero-order chi connectivity index (χ0) is 16.2. The maximum Gasteiger partial charge on any atom is 0.222 e. The number of carbonyl (C=O) groups excluding carboxylic acids is 1. The van der Waals surface area contributed by atoms with Crippen molar-refractivity contribution in [3.8, 4) is 5.75 Å². The van der Waals surface area contributed by atoms with Crippen molar-refractivity contribution in [1.29, 1.82) is 0 Å². The number of methoxy groups -OCH3 is 1. The predicted octanol–water partition coefficient (Wildman–Crippen LogP) is 2.74. The molecule has 2 aliphatic rings. The molecule has 2 atom stereocenters. The normalized spacial score (nSPS) is 24.2. The number of halogens is 1. The molecular weight excluding hydrogens is 312 g/mol. The van der Waals surface area contributed by atoms with Gasteiger partial charge in [0.1, 0.15) is 5.75 Å². The molecule has 5 heteroatoms. The van der Waals surface area contributed by atoms with Gasteiger partial charge in [-0.2, -0.15) is 0 Å². The summed E-state index contributed by atoms with van der Waals surface area (Å²) in [7, 11) is 1.61. The highest BCUT2D eigenvalue weighted by molar-refractivity contribution is 6.32. The number of carbonyl (C=O) groups is 1. The van der Waals surface area contributed by atoms with Crippen molar-refractivity contribution in [1.82, 2.24) is 10.2 Å². The van der Waals surface area contributed by atoms with Gasteiger partial charge in [-0.1, -0.05) is 17.7 Å².